The average Bonchev–Trinajstić information content (AvgIpc) is 3.15. The number of likely N-dealkylation sites (tertiary alicyclic amines) is 1. The minimum Gasteiger partial charge on any atom is -0.486 e. The number of nitrogens with zero attached hydrogens (tertiary/aromatic N) is 1. The Morgan fingerprint density at radius 2 is 1.85 bits per heavy atom. The van der Waals surface area contributed by atoms with Gasteiger partial charge in [-0.25, -0.2) is 0 Å². The summed E-state index contributed by atoms with van der Waals surface area (Å²) in [5.74, 6) is 2.52. The van der Waals surface area contributed by atoms with Crippen molar-refractivity contribution in [2.75, 3.05) is 13.1 Å². The molecule has 0 N–H and O–H groups in total. The third-order valence-electron chi connectivity index (χ3n) is 5.05. The van der Waals surface area contributed by atoms with Crippen molar-refractivity contribution in [2.24, 2.45) is 5.92 Å². The molecule has 2 aromatic carbocycles. The molecular weight excluding hydrogens is 326 g/mol. The summed E-state index contributed by atoms with van der Waals surface area (Å²) in [5.41, 5.74) is 0. The molecule has 4 nitrogen and oxygen atoms in total. The predicted molar refractivity (Wildman–Crippen MR) is 101 cm³/mol. The maximum Gasteiger partial charge on any atom is 0.289 e. The van der Waals surface area contributed by atoms with Crippen molar-refractivity contribution in [3.8, 4) is 5.75 Å². The molecular formula is C22H23NO3. The van der Waals surface area contributed by atoms with Crippen LogP contribution in [-0.2, 0) is 6.61 Å². The van der Waals surface area contributed by atoms with E-state index in [1.807, 2.05) is 41.3 Å². The summed E-state index contributed by atoms with van der Waals surface area (Å²) in [6.07, 6.45) is 2.12. The number of amides is 1. The molecule has 0 bridgehead atoms. The Morgan fingerprint density at radius 3 is 2.65 bits per heavy atom. The standard InChI is InChI=1S/C22H23NO3/c1-16-10-12-23(13-11-16)22(24)21-9-8-20(26-21)15-25-19-7-6-17-4-2-3-5-18(17)14-19/h2-9,14,16H,10-13,15H2,1H3. The second-order valence-corrected chi connectivity index (χ2v) is 7.04. The summed E-state index contributed by atoms with van der Waals surface area (Å²) in [6.45, 7) is 4.16. The number of piperidine rings is 1. The molecule has 0 unspecified atom stereocenters. The predicted octanol–water partition coefficient (Wildman–Crippen LogP) is 4.88. The van der Waals surface area contributed by atoms with Crippen LogP contribution in [0.25, 0.3) is 10.8 Å². The Kier molecular flexibility index (Phi) is 4.65. The lowest BCUT2D eigenvalue weighted by molar-refractivity contribution is 0.0661. The van der Waals surface area contributed by atoms with Crippen molar-refractivity contribution in [1.82, 2.24) is 4.90 Å². The summed E-state index contributed by atoms with van der Waals surface area (Å²) in [6, 6.07) is 17.7. The maximum atomic E-state index is 12.5. The van der Waals surface area contributed by atoms with Gasteiger partial charge in [0.1, 0.15) is 18.1 Å². The van der Waals surface area contributed by atoms with E-state index in [1.165, 1.54) is 5.39 Å². The molecule has 1 aromatic heterocycles. The second kappa shape index (κ2) is 7.24. The van der Waals surface area contributed by atoms with Crippen LogP contribution in [0.15, 0.2) is 59.0 Å². The van der Waals surface area contributed by atoms with E-state index in [2.05, 4.69) is 19.1 Å². The molecule has 0 radical (unpaired) electrons. The Morgan fingerprint density at radius 1 is 1.08 bits per heavy atom. The van der Waals surface area contributed by atoms with E-state index in [0.717, 1.165) is 37.1 Å². The zero-order chi connectivity index (χ0) is 17.9. The number of carbonyl (C=O) groups is 1. The van der Waals surface area contributed by atoms with E-state index in [-0.39, 0.29) is 5.91 Å². The minimum absolute atomic E-state index is 0.0196. The lowest BCUT2D eigenvalue weighted by Gasteiger charge is -2.29. The Hall–Kier alpha value is -2.75. The fourth-order valence-electron chi connectivity index (χ4n) is 3.35. The molecule has 1 amide bonds. The van der Waals surface area contributed by atoms with Gasteiger partial charge in [-0.05, 0) is 53.8 Å². The van der Waals surface area contributed by atoms with Gasteiger partial charge in [-0.1, -0.05) is 37.3 Å². The van der Waals surface area contributed by atoms with E-state index < -0.39 is 0 Å². The summed E-state index contributed by atoms with van der Waals surface area (Å²) >= 11 is 0. The molecule has 2 heterocycles. The average molecular weight is 349 g/mol. The molecule has 134 valence electrons. The molecule has 0 saturated carbocycles. The number of ether oxygens (including phenoxy) is 1. The SMILES string of the molecule is CC1CCN(C(=O)c2ccc(COc3ccc4ccccc4c3)o2)CC1. The van der Waals surface area contributed by atoms with Crippen molar-refractivity contribution >= 4 is 16.7 Å². The summed E-state index contributed by atoms with van der Waals surface area (Å²) in [4.78, 5) is 14.4. The van der Waals surface area contributed by atoms with Crippen LogP contribution in [0.2, 0.25) is 0 Å². The van der Waals surface area contributed by atoms with E-state index in [4.69, 9.17) is 9.15 Å². The number of hydrogen-bond acceptors (Lipinski definition) is 3. The number of furan rings is 1. The highest BCUT2D eigenvalue weighted by Crippen LogP contribution is 2.23. The van der Waals surface area contributed by atoms with Crippen LogP contribution in [0.4, 0.5) is 0 Å². The number of hydrogen-bond donors (Lipinski definition) is 0. The normalized spacial score (nSPS) is 15.3. The van der Waals surface area contributed by atoms with Crippen LogP contribution < -0.4 is 4.74 Å². The van der Waals surface area contributed by atoms with Crippen LogP contribution in [0, 0.1) is 5.92 Å². The van der Waals surface area contributed by atoms with Crippen molar-refractivity contribution in [3.05, 3.63) is 66.1 Å². The Bertz CT molecular complexity index is 906. The number of fused-ring (bicyclic) bond motifs is 1. The van der Waals surface area contributed by atoms with Crippen LogP contribution >= 0.6 is 0 Å². The highest BCUT2D eigenvalue weighted by atomic mass is 16.5. The zero-order valence-electron chi connectivity index (χ0n) is 15.0. The van der Waals surface area contributed by atoms with Gasteiger partial charge in [-0.3, -0.25) is 4.79 Å². The topological polar surface area (TPSA) is 42.7 Å². The van der Waals surface area contributed by atoms with Crippen molar-refractivity contribution in [2.45, 2.75) is 26.4 Å². The van der Waals surface area contributed by atoms with Gasteiger partial charge in [0.05, 0.1) is 0 Å². The number of carbonyl (C=O) groups excluding carboxylic acids is 1. The molecule has 1 fully saturated rings. The molecule has 1 aliphatic heterocycles. The molecule has 26 heavy (non-hydrogen) atoms. The van der Waals surface area contributed by atoms with Crippen LogP contribution in [0.1, 0.15) is 36.1 Å². The van der Waals surface area contributed by atoms with Crippen LogP contribution in [-0.4, -0.2) is 23.9 Å². The molecule has 0 aliphatic carbocycles. The highest BCUT2D eigenvalue weighted by molar-refractivity contribution is 5.91. The third kappa shape index (κ3) is 3.59. The molecule has 0 atom stereocenters. The van der Waals surface area contributed by atoms with Gasteiger partial charge in [0.15, 0.2) is 5.76 Å². The van der Waals surface area contributed by atoms with E-state index in [1.54, 1.807) is 6.07 Å². The molecule has 1 aliphatic rings. The van der Waals surface area contributed by atoms with Gasteiger partial charge in [0.2, 0.25) is 0 Å². The monoisotopic (exact) mass is 349 g/mol. The van der Waals surface area contributed by atoms with Crippen molar-refractivity contribution < 1.29 is 13.9 Å². The summed E-state index contributed by atoms with van der Waals surface area (Å²) in [5, 5.41) is 2.32. The molecule has 3 aromatic rings. The lowest BCUT2D eigenvalue weighted by Crippen LogP contribution is -2.37. The largest absolute Gasteiger partial charge is 0.486 e. The molecule has 4 rings (SSSR count). The Balaban J connectivity index is 1.39. The molecule has 1 saturated heterocycles. The number of benzene rings is 2. The zero-order valence-corrected chi connectivity index (χ0v) is 15.0. The van der Waals surface area contributed by atoms with Crippen LogP contribution in [0.5, 0.6) is 5.75 Å². The van der Waals surface area contributed by atoms with Gasteiger partial charge < -0.3 is 14.1 Å². The Labute approximate surface area is 153 Å². The van der Waals surface area contributed by atoms with Gasteiger partial charge in [0.25, 0.3) is 5.91 Å². The van der Waals surface area contributed by atoms with E-state index in [9.17, 15) is 4.79 Å². The maximum absolute atomic E-state index is 12.5. The fourth-order valence-corrected chi connectivity index (χ4v) is 3.35. The van der Waals surface area contributed by atoms with Gasteiger partial charge >= 0.3 is 0 Å². The first-order valence-corrected chi connectivity index (χ1v) is 9.18. The second-order valence-electron chi connectivity index (χ2n) is 7.04. The van der Waals surface area contributed by atoms with E-state index in [0.29, 0.717) is 24.0 Å². The summed E-state index contributed by atoms with van der Waals surface area (Å²) in [7, 11) is 0. The minimum atomic E-state index is -0.0196. The van der Waals surface area contributed by atoms with Gasteiger partial charge in [0, 0.05) is 13.1 Å². The van der Waals surface area contributed by atoms with Crippen molar-refractivity contribution in [1.29, 1.82) is 0 Å². The van der Waals surface area contributed by atoms with Gasteiger partial charge in [-0.15, -0.1) is 0 Å². The summed E-state index contributed by atoms with van der Waals surface area (Å²) < 4.78 is 11.6. The lowest BCUT2D eigenvalue weighted by atomic mass is 9.99. The first kappa shape index (κ1) is 16.7. The first-order chi connectivity index (χ1) is 12.7. The molecule has 0 spiro atoms. The third-order valence-corrected chi connectivity index (χ3v) is 5.05. The van der Waals surface area contributed by atoms with Gasteiger partial charge in [-0.2, -0.15) is 0 Å². The first-order valence-electron chi connectivity index (χ1n) is 9.18. The van der Waals surface area contributed by atoms with E-state index >= 15 is 0 Å². The number of rotatable bonds is 4. The smallest absolute Gasteiger partial charge is 0.289 e. The van der Waals surface area contributed by atoms with Crippen molar-refractivity contribution in [3.63, 3.8) is 0 Å². The molecule has 4 heteroatoms. The highest BCUT2D eigenvalue weighted by Gasteiger charge is 2.23. The van der Waals surface area contributed by atoms with Crippen LogP contribution in [0.3, 0.4) is 0 Å². The fraction of sp³-hybridized carbons (Fsp3) is 0.318. The quantitative estimate of drug-likeness (QED) is 0.674.